The highest BCUT2D eigenvalue weighted by Gasteiger charge is 2.28. The van der Waals surface area contributed by atoms with Crippen LogP contribution in [0, 0.1) is 0 Å². The van der Waals surface area contributed by atoms with E-state index >= 15 is 0 Å². The molecule has 226 valence electrons. The highest BCUT2D eigenvalue weighted by molar-refractivity contribution is 7.53. The zero-order valence-electron chi connectivity index (χ0n) is 22.7. The van der Waals surface area contributed by atoms with Crippen LogP contribution < -0.4 is 10.6 Å². The van der Waals surface area contributed by atoms with Crippen molar-refractivity contribution in [3.63, 3.8) is 0 Å². The number of carboxylic acid groups (broad SMARTS) is 1. The highest BCUT2D eigenvalue weighted by Crippen LogP contribution is 2.51. The smallest absolute Gasteiger partial charge is 0.409 e. The molecular formula is C24H31N2O13PS. The van der Waals surface area contributed by atoms with E-state index < -0.39 is 63.4 Å². The summed E-state index contributed by atoms with van der Waals surface area (Å²) in [4.78, 5) is 58.7. The van der Waals surface area contributed by atoms with Gasteiger partial charge in [0.1, 0.15) is 17.0 Å². The lowest BCUT2D eigenvalue weighted by Crippen LogP contribution is -2.40. The standard InChI is InChI=1S/C24H31N2O13PS/c1-5-34-21(29)14(3)25-23(31)36-12-38-40(33,39-13-37-24(32)26-15(4)22(30)35-6-2)11-16-7-8-18-17(9-16)10-19(41-18)20(27)28/h7-10,14-15H,5-6,11-13H2,1-4H3,(H,25,31)(H,26,32)(H,27,28)/t14-,15-/m0/s1. The fourth-order valence-corrected chi connectivity index (χ4v) is 5.27. The summed E-state index contributed by atoms with van der Waals surface area (Å²) in [6.07, 6.45) is -2.52. The Labute approximate surface area is 238 Å². The van der Waals surface area contributed by atoms with Gasteiger partial charge in [-0.1, -0.05) is 6.07 Å². The Kier molecular flexibility index (Phi) is 13.0. The van der Waals surface area contributed by atoms with Crippen molar-refractivity contribution >= 4 is 59.1 Å². The largest absolute Gasteiger partial charge is 0.477 e. The molecule has 0 unspecified atom stereocenters. The van der Waals surface area contributed by atoms with E-state index in [0.717, 1.165) is 11.3 Å². The number of rotatable bonds is 15. The van der Waals surface area contributed by atoms with Crippen LogP contribution in [-0.4, -0.2) is 74.1 Å². The predicted molar refractivity (Wildman–Crippen MR) is 143 cm³/mol. The number of hydrogen-bond acceptors (Lipinski definition) is 13. The van der Waals surface area contributed by atoms with Gasteiger partial charge in [0.05, 0.1) is 19.4 Å². The maximum absolute atomic E-state index is 13.5. The summed E-state index contributed by atoms with van der Waals surface area (Å²) >= 11 is 1.06. The number of alkyl carbamates (subject to hydrolysis) is 2. The summed E-state index contributed by atoms with van der Waals surface area (Å²) in [5.74, 6) is -2.48. The van der Waals surface area contributed by atoms with Crippen LogP contribution in [0.15, 0.2) is 24.3 Å². The first-order valence-corrected chi connectivity index (χ1v) is 14.8. The molecule has 1 aromatic heterocycles. The van der Waals surface area contributed by atoms with E-state index in [9.17, 15) is 33.6 Å². The predicted octanol–water partition coefficient (Wildman–Crippen LogP) is 3.60. The fraction of sp³-hybridized carbons (Fsp3) is 0.458. The summed E-state index contributed by atoms with van der Waals surface area (Å²) in [7, 11) is -4.18. The normalized spacial score (nSPS) is 12.6. The van der Waals surface area contributed by atoms with E-state index in [1.807, 2.05) is 0 Å². The van der Waals surface area contributed by atoms with Crippen LogP contribution >= 0.6 is 18.9 Å². The minimum Gasteiger partial charge on any atom is -0.477 e. The van der Waals surface area contributed by atoms with Crippen LogP contribution in [0.25, 0.3) is 10.1 Å². The number of aromatic carboxylic acids is 1. The molecule has 2 aromatic rings. The van der Waals surface area contributed by atoms with Gasteiger partial charge in [-0.15, -0.1) is 11.3 Å². The topological polar surface area (TPSA) is 202 Å². The Balaban J connectivity index is 2.07. The Morgan fingerprint density at radius 2 is 1.37 bits per heavy atom. The molecule has 0 saturated heterocycles. The zero-order valence-corrected chi connectivity index (χ0v) is 24.4. The average Bonchev–Trinajstić information content (AvgIpc) is 3.32. The molecular weight excluding hydrogens is 587 g/mol. The average molecular weight is 619 g/mol. The monoisotopic (exact) mass is 618 g/mol. The fourth-order valence-electron chi connectivity index (χ4n) is 3.06. The summed E-state index contributed by atoms with van der Waals surface area (Å²) < 4.78 is 43.9. The van der Waals surface area contributed by atoms with Gasteiger partial charge in [0, 0.05) is 4.70 Å². The van der Waals surface area contributed by atoms with Crippen molar-refractivity contribution in [3.8, 4) is 0 Å². The third kappa shape index (κ3) is 11.0. The van der Waals surface area contributed by atoms with Crippen LogP contribution in [0.3, 0.4) is 0 Å². The number of ether oxygens (including phenoxy) is 4. The number of esters is 2. The zero-order chi connectivity index (χ0) is 30.6. The van der Waals surface area contributed by atoms with Crippen LogP contribution in [0.2, 0.25) is 0 Å². The number of nitrogens with one attached hydrogen (secondary N) is 2. The van der Waals surface area contributed by atoms with Crippen LogP contribution in [0.4, 0.5) is 9.59 Å². The van der Waals surface area contributed by atoms with Crippen LogP contribution in [0.1, 0.15) is 42.9 Å². The quantitative estimate of drug-likeness (QED) is 0.113. The number of hydrogen-bond donors (Lipinski definition) is 3. The third-order valence-corrected chi connectivity index (χ3v) is 7.85. The molecule has 0 bridgehead atoms. The lowest BCUT2D eigenvalue weighted by atomic mass is 10.2. The molecule has 2 rings (SSSR count). The molecule has 3 N–H and O–H groups in total. The van der Waals surface area contributed by atoms with Crippen molar-refractivity contribution in [1.29, 1.82) is 0 Å². The van der Waals surface area contributed by atoms with Gasteiger partial charge in [-0.3, -0.25) is 13.6 Å². The highest BCUT2D eigenvalue weighted by atomic mass is 32.1. The lowest BCUT2D eigenvalue weighted by Gasteiger charge is -2.19. The molecule has 2 amide bonds. The van der Waals surface area contributed by atoms with Crippen molar-refractivity contribution in [2.45, 2.75) is 45.9 Å². The Bertz CT molecular complexity index is 1250. The Morgan fingerprint density at radius 1 is 0.854 bits per heavy atom. The molecule has 0 saturated carbocycles. The number of benzene rings is 1. The van der Waals surface area contributed by atoms with Crippen LogP contribution in [-0.2, 0) is 48.3 Å². The molecule has 2 atom stereocenters. The summed E-state index contributed by atoms with van der Waals surface area (Å²) in [6.45, 7) is 4.43. The number of fused-ring (bicyclic) bond motifs is 1. The van der Waals surface area contributed by atoms with Crippen LogP contribution in [0.5, 0.6) is 0 Å². The van der Waals surface area contributed by atoms with E-state index in [1.165, 1.54) is 19.9 Å². The van der Waals surface area contributed by atoms with Gasteiger partial charge in [-0.2, -0.15) is 0 Å². The van der Waals surface area contributed by atoms with Crippen molar-refractivity contribution in [2.24, 2.45) is 0 Å². The van der Waals surface area contributed by atoms with Crippen molar-refractivity contribution in [1.82, 2.24) is 10.6 Å². The second kappa shape index (κ2) is 15.9. The van der Waals surface area contributed by atoms with Gasteiger partial charge in [0.15, 0.2) is 0 Å². The first-order valence-electron chi connectivity index (χ1n) is 12.2. The maximum Gasteiger partial charge on any atom is 0.409 e. The van der Waals surface area contributed by atoms with E-state index in [-0.39, 0.29) is 24.3 Å². The molecule has 15 nitrogen and oxygen atoms in total. The van der Waals surface area contributed by atoms with E-state index in [0.29, 0.717) is 15.6 Å². The molecule has 0 aliphatic rings. The van der Waals surface area contributed by atoms with Gasteiger partial charge >= 0.3 is 37.7 Å². The van der Waals surface area contributed by atoms with Gasteiger partial charge in [-0.25, -0.2) is 24.0 Å². The van der Waals surface area contributed by atoms with Gasteiger partial charge < -0.3 is 34.7 Å². The molecule has 0 spiro atoms. The second-order valence-electron chi connectivity index (χ2n) is 8.15. The molecule has 0 aliphatic carbocycles. The first-order chi connectivity index (χ1) is 19.4. The van der Waals surface area contributed by atoms with Crippen molar-refractivity contribution in [2.75, 3.05) is 26.8 Å². The molecule has 1 heterocycles. The third-order valence-electron chi connectivity index (χ3n) is 5.00. The van der Waals surface area contributed by atoms with E-state index in [4.69, 9.17) is 28.0 Å². The molecule has 41 heavy (non-hydrogen) atoms. The molecule has 0 aliphatic heterocycles. The number of carbonyl (C=O) groups excluding carboxylic acids is 4. The number of thiophene rings is 1. The number of amides is 2. The number of carboxylic acids is 1. The van der Waals surface area contributed by atoms with Gasteiger partial charge in [0.25, 0.3) is 0 Å². The Hall–Kier alpha value is -3.72. The molecule has 0 fully saturated rings. The summed E-state index contributed by atoms with van der Waals surface area (Å²) in [5, 5.41) is 14.2. The van der Waals surface area contributed by atoms with Gasteiger partial charge in [0.2, 0.25) is 13.6 Å². The minimum absolute atomic E-state index is 0.111. The number of carbonyl (C=O) groups is 5. The minimum atomic E-state index is -4.18. The maximum atomic E-state index is 13.5. The van der Waals surface area contributed by atoms with Crippen molar-refractivity contribution < 1.29 is 61.6 Å². The first kappa shape index (κ1) is 33.5. The molecule has 0 radical (unpaired) electrons. The molecule has 17 heteroatoms. The lowest BCUT2D eigenvalue weighted by molar-refractivity contribution is -0.145. The molecule has 1 aromatic carbocycles. The second-order valence-corrected chi connectivity index (χ2v) is 11.3. The SMILES string of the molecule is CCOC(=O)[C@H](C)NC(=O)OCOP(=O)(Cc1ccc2sc(C(=O)O)cc2c1)OCOC(=O)N[C@@H](C)C(=O)OCC. The van der Waals surface area contributed by atoms with E-state index in [2.05, 4.69) is 10.6 Å². The van der Waals surface area contributed by atoms with E-state index in [1.54, 1.807) is 32.0 Å². The van der Waals surface area contributed by atoms with Gasteiger partial charge in [-0.05, 0) is 56.8 Å². The summed E-state index contributed by atoms with van der Waals surface area (Å²) in [5.41, 5.74) is 0.413. The Morgan fingerprint density at radius 3 is 1.83 bits per heavy atom. The van der Waals surface area contributed by atoms with Crippen molar-refractivity contribution in [3.05, 3.63) is 34.7 Å². The summed E-state index contributed by atoms with van der Waals surface area (Å²) in [6, 6.07) is 4.20.